The van der Waals surface area contributed by atoms with Gasteiger partial charge >= 0.3 is 5.97 Å². The number of aryl methyl sites for hydroxylation is 1. The van der Waals surface area contributed by atoms with Gasteiger partial charge in [-0.2, -0.15) is 0 Å². The first kappa shape index (κ1) is 12.9. The molecule has 0 fully saturated rings. The number of carboxylic acid groups (broad SMARTS) is 1. The molecule has 0 saturated heterocycles. The van der Waals surface area contributed by atoms with E-state index in [9.17, 15) is 4.79 Å². The maximum atomic E-state index is 11.0. The molecule has 2 heterocycles. The molecule has 0 saturated carbocycles. The van der Waals surface area contributed by atoms with Crippen LogP contribution >= 0.6 is 11.3 Å². The van der Waals surface area contributed by atoms with Crippen molar-refractivity contribution in [3.8, 4) is 0 Å². The molecular formula is C15H14N2O2S. The lowest BCUT2D eigenvalue weighted by Crippen LogP contribution is -2.00. The first-order valence-corrected chi connectivity index (χ1v) is 7.21. The van der Waals surface area contributed by atoms with Crippen molar-refractivity contribution in [2.24, 2.45) is 0 Å². The zero-order valence-electron chi connectivity index (χ0n) is 11.0. The van der Waals surface area contributed by atoms with E-state index in [1.807, 2.05) is 42.8 Å². The Hall–Kier alpha value is -2.14. The van der Waals surface area contributed by atoms with Crippen molar-refractivity contribution in [3.05, 3.63) is 52.1 Å². The van der Waals surface area contributed by atoms with Crippen LogP contribution in [0.15, 0.2) is 35.8 Å². The van der Waals surface area contributed by atoms with Gasteiger partial charge in [-0.25, -0.2) is 4.98 Å². The van der Waals surface area contributed by atoms with E-state index in [2.05, 4.69) is 9.55 Å². The monoisotopic (exact) mass is 286 g/mol. The van der Waals surface area contributed by atoms with E-state index in [1.165, 1.54) is 0 Å². The Morgan fingerprint density at radius 1 is 1.40 bits per heavy atom. The summed E-state index contributed by atoms with van der Waals surface area (Å²) in [5.41, 5.74) is 2.91. The predicted molar refractivity (Wildman–Crippen MR) is 79.2 cm³/mol. The molecule has 0 spiro atoms. The van der Waals surface area contributed by atoms with E-state index in [0.29, 0.717) is 6.54 Å². The molecule has 0 aliphatic carbocycles. The second-order valence-corrected chi connectivity index (χ2v) is 5.79. The van der Waals surface area contributed by atoms with Crippen molar-refractivity contribution in [1.82, 2.24) is 9.55 Å². The largest absolute Gasteiger partial charge is 0.481 e. The van der Waals surface area contributed by atoms with Crippen LogP contribution in [0.25, 0.3) is 10.9 Å². The lowest BCUT2D eigenvalue weighted by Gasteiger charge is -2.02. The third-order valence-electron chi connectivity index (χ3n) is 3.21. The van der Waals surface area contributed by atoms with Crippen molar-refractivity contribution >= 4 is 28.2 Å². The summed E-state index contributed by atoms with van der Waals surface area (Å²) in [5.74, 6) is -0.808. The summed E-state index contributed by atoms with van der Waals surface area (Å²) in [6.07, 6.45) is 1.97. The summed E-state index contributed by atoms with van der Waals surface area (Å²) in [4.78, 5) is 15.4. The number of aliphatic carboxylic acids is 1. The smallest absolute Gasteiger partial charge is 0.307 e. The van der Waals surface area contributed by atoms with Crippen LogP contribution in [0.5, 0.6) is 0 Å². The van der Waals surface area contributed by atoms with E-state index < -0.39 is 5.97 Å². The molecule has 0 aliphatic heterocycles. The van der Waals surface area contributed by atoms with E-state index in [0.717, 1.165) is 27.2 Å². The highest BCUT2D eigenvalue weighted by atomic mass is 32.1. The molecular weight excluding hydrogens is 272 g/mol. The Labute approximate surface area is 120 Å². The van der Waals surface area contributed by atoms with Gasteiger partial charge in [-0.1, -0.05) is 18.2 Å². The van der Waals surface area contributed by atoms with E-state index in [1.54, 1.807) is 11.3 Å². The van der Waals surface area contributed by atoms with Crippen LogP contribution in [0.4, 0.5) is 0 Å². The van der Waals surface area contributed by atoms with E-state index >= 15 is 0 Å². The summed E-state index contributed by atoms with van der Waals surface area (Å²) < 4.78 is 2.07. The highest BCUT2D eigenvalue weighted by Gasteiger charge is 2.11. The van der Waals surface area contributed by atoms with Crippen molar-refractivity contribution < 1.29 is 9.90 Å². The minimum atomic E-state index is -0.808. The van der Waals surface area contributed by atoms with Gasteiger partial charge in [0.15, 0.2) is 0 Å². The lowest BCUT2D eigenvalue weighted by atomic mass is 10.1. The number of hydrogen-bond donors (Lipinski definition) is 1. The SMILES string of the molecule is Cc1nc(Cn2cc(CC(=O)O)c3ccccc32)cs1. The average molecular weight is 286 g/mol. The number of carboxylic acids is 1. The number of nitrogens with zero attached hydrogens (tertiary/aromatic N) is 2. The molecule has 0 atom stereocenters. The van der Waals surface area contributed by atoms with Crippen LogP contribution in [0, 0.1) is 6.92 Å². The van der Waals surface area contributed by atoms with E-state index in [4.69, 9.17) is 5.11 Å². The fourth-order valence-corrected chi connectivity index (χ4v) is 3.02. The molecule has 0 bridgehead atoms. The molecule has 102 valence electrons. The number of fused-ring (bicyclic) bond motifs is 1. The molecule has 5 heteroatoms. The first-order chi connectivity index (χ1) is 9.63. The number of rotatable bonds is 4. The Morgan fingerprint density at radius 3 is 2.90 bits per heavy atom. The zero-order chi connectivity index (χ0) is 14.1. The number of hydrogen-bond acceptors (Lipinski definition) is 3. The van der Waals surface area contributed by atoms with Crippen molar-refractivity contribution in [2.45, 2.75) is 19.9 Å². The summed E-state index contributed by atoms with van der Waals surface area (Å²) in [7, 11) is 0. The molecule has 2 aromatic heterocycles. The maximum Gasteiger partial charge on any atom is 0.307 e. The third-order valence-corrected chi connectivity index (χ3v) is 4.03. The lowest BCUT2D eigenvalue weighted by molar-refractivity contribution is -0.136. The average Bonchev–Trinajstić information content (AvgIpc) is 2.95. The number of carbonyl (C=O) groups is 1. The van der Waals surface area contributed by atoms with Crippen molar-refractivity contribution in [2.75, 3.05) is 0 Å². The maximum absolute atomic E-state index is 11.0. The van der Waals surface area contributed by atoms with Crippen LogP contribution in [-0.2, 0) is 17.8 Å². The van der Waals surface area contributed by atoms with Gasteiger partial charge in [0.2, 0.25) is 0 Å². The molecule has 0 aliphatic rings. The molecule has 3 aromatic rings. The summed E-state index contributed by atoms with van der Waals surface area (Å²) in [6.45, 7) is 2.66. The van der Waals surface area contributed by atoms with E-state index in [-0.39, 0.29) is 6.42 Å². The molecule has 0 unspecified atom stereocenters. The topological polar surface area (TPSA) is 55.1 Å². The highest BCUT2D eigenvalue weighted by molar-refractivity contribution is 7.09. The van der Waals surface area contributed by atoms with Gasteiger partial charge in [0.1, 0.15) is 0 Å². The van der Waals surface area contributed by atoms with Crippen molar-refractivity contribution in [1.29, 1.82) is 0 Å². The minimum Gasteiger partial charge on any atom is -0.481 e. The van der Waals surface area contributed by atoms with Crippen LogP contribution in [-0.4, -0.2) is 20.6 Å². The Morgan fingerprint density at radius 2 is 2.20 bits per heavy atom. The van der Waals surface area contributed by atoms with Crippen LogP contribution in [0.2, 0.25) is 0 Å². The van der Waals surface area contributed by atoms with Crippen LogP contribution < -0.4 is 0 Å². The number of aromatic nitrogens is 2. The van der Waals surface area contributed by atoms with Gasteiger partial charge < -0.3 is 9.67 Å². The first-order valence-electron chi connectivity index (χ1n) is 6.33. The van der Waals surface area contributed by atoms with Gasteiger partial charge in [0, 0.05) is 22.5 Å². The van der Waals surface area contributed by atoms with Gasteiger partial charge in [-0.05, 0) is 18.6 Å². The Bertz CT molecular complexity index is 773. The van der Waals surface area contributed by atoms with Gasteiger partial charge in [-0.15, -0.1) is 11.3 Å². The highest BCUT2D eigenvalue weighted by Crippen LogP contribution is 2.23. The fraction of sp³-hybridized carbons (Fsp3) is 0.200. The molecule has 20 heavy (non-hydrogen) atoms. The van der Waals surface area contributed by atoms with Gasteiger partial charge in [0.05, 0.1) is 23.7 Å². The van der Waals surface area contributed by atoms with Gasteiger partial charge in [-0.3, -0.25) is 4.79 Å². The number of benzene rings is 1. The van der Waals surface area contributed by atoms with Crippen molar-refractivity contribution in [3.63, 3.8) is 0 Å². The second kappa shape index (κ2) is 5.09. The summed E-state index contributed by atoms with van der Waals surface area (Å²) in [5, 5.41) is 13.1. The minimum absolute atomic E-state index is 0.0452. The fourth-order valence-electron chi connectivity index (χ4n) is 2.41. The van der Waals surface area contributed by atoms with Crippen LogP contribution in [0.3, 0.4) is 0 Å². The predicted octanol–water partition coefficient (Wildman–Crippen LogP) is 3.08. The number of para-hydroxylation sites is 1. The zero-order valence-corrected chi connectivity index (χ0v) is 11.9. The van der Waals surface area contributed by atoms with Gasteiger partial charge in [0.25, 0.3) is 0 Å². The molecule has 0 radical (unpaired) electrons. The molecule has 0 amide bonds. The Kier molecular flexibility index (Phi) is 3.28. The normalized spacial score (nSPS) is 11.1. The third kappa shape index (κ3) is 2.44. The quantitative estimate of drug-likeness (QED) is 0.802. The summed E-state index contributed by atoms with van der Waals surface area (Å²) in [6, 6.07) is 7.89. The molecule has 1 N–H and O–H groups in total. The number of thiazole rings is 1. The molecule has 3 rings (SSSR count). The second-order valence-electron chi connectivity index (χ2n) is 4.73. The molecule has 4 nitrogen and oxygen atoms in total. The molecule has 1 aromatic carbocycles. The summed E-state index contributed by atoms with van der Waals surface area (Å²) >= 11 is 1.63. The Balaban J connectivity index is 2.04. The van der Waals surface area contributed by atoms with Crippen LogP contribution in [0.1, 0.15) is 16.3 Å². The standard InChI is InChI=1S/C15H14N2O2S/c1-10-16-12(9-20-10)8-17-7-11(6-15(18)19)13-4-2-3-5-14(13)17/h2-5,7,9H,6,8H2,1H3,(H,18,19).